The van der Waals surface area contributed by atoms with Crippen LogP contribution in [0.15, 0.2) is 53.0 Å². The molecule has 0 saturated carbocycles. The van der Waals surface area contributed by atoms with Crippen molar-refractivity contribution in [2.75, 3.05) is 23.9 Å². The number of hydrogen-bond donors (Lipinski definition) is 0. The molecule has 0 saturated heterocycles. The lowest BCUT2D eigenvalue weighted by Crippen LogP contribution is -2.41. The first-order valence-electron chi connectivity index (χ1n) is 8.96. The molecule has 2 bridgehead atoms. The Morgan fingerprint density at radius 3 is 2.38 bits per heavy atom. The first-order valence-corrected chi connectivity index (χ1v) is 8.96. The number of carbonyl (C=O) groups excluding carboxylic acids is 2. The number of hydrogen-bond acceptors (Lipinski definition) is 6. The molecule has 0 aliphatic carbocycles. The number of aryl methyl sites for hydroxylation is 2. The van der Waals surface area contributed by atoms with Gasteiger partial charge in [0, 0.05) is 32.1 Å². The number of nitrogens with zero attached hydrogens (tertiary/aromatic N) is 7. The van der Waals surface area contributed by atoms with Crippen molar-refractivity contribution in [2.45, 2.75) is 13.8 Å². The van der Waals surface area contributed by atoms with E-state index in [2.05, 4.69) is 20.3 Å². The van der Waals surface area contributed by atoms with E-state index < -0.39 is 0 Å². The maximum Gasteiger partial charge on any atom is 0.330 e. The fraction of sp³-hybridized carbons (Fsp3) is 0.200. The summed E-state index contributed by atoms with van der Waals surface area (Å²) in [5, 5.41) is 13.0. The van der Waals surface area contributed by atoms with Crippen LogP contribution in [0.25, 0.3) is 0 Å². The van der Waals surface area contributed by atoms with Gasteiger partial charge in [0.1, 0.15) is 0 Å². The van der Waals surface area contributed by atoms with Crippen LogP contribution in [0.1, 0.15) is 21.5 Å². The van der Waals surface area contributed by atoms with Crippen LogP contribution in [0, 0.1) is 13.8 Å². The first-order chi connectivity index (χ1) is 13.9. The quantitative estimate of drug-likeness (QED) is 0.632. The molecule has 1 aliphatic rings. The Bertz CT molecular complexity index is 1150. The lowest BCUT2D eigenvalue weighted by atomic mass is 10.1. The molecule has 0 N–H and O–H groups in total. The van der Waals surface area contributed by atoms with E-state index in [4.69, 9.17) is 0 Å². The van der Waals surface area contributed by atoms with Crippen molar-refractivity contribution in [2.24, 2.45) is 10.2 Å². The number of anilines is 2. The molecule has 9 heteroatoms. The Balaban J connectivity index is 1.82. The third kappa shape index (κ3) is 3.06. The molecular formula is C20H19N7O2. The number of pyridine rings is 1. The van der Waals surface area contributed by atoms with E-state index in [-0.39, 0.29) is 23.6 Å². The van der Waals surface area contributed by atoms with Gasteiger partial charge in [-0.3, -0.25) is 19.6 Å². The van der Waals surface area contributed by atoms with Crippen LogP contribution in [-0.2, 0) is 0 Å². The van der Waals surface area contributed by atoms with Crippen LogP contribution in [0.5, 0.6) is 0 Å². The minimum Gasteiger partial charge on any atom is -0.279 e. The van der Waals surface area contributed by atoms with Crippen LogP contribution in [-0.4, -0.2) is 40.8 Å². The van der Waals surface area contributed by atoms with Crippen LogP contribution in [0.2, 0.25) is 0 Å². The predicted octanol–water partition coefficient (Wildman–Crippen LogP) is 4.00. The van der Waals surface area contributed by atoms with Crippen molar-refractivity contribution in [3.63, 3.8) is 0 Å². The number of carbonyl (C=O) groups is 2. The van der Waals surface area contributed by atoms with Crippen molar-refractivity contribution in [3.8, 4) is 0 Å². The van der Waals surface area contributed by atoms with Gasteiger partial charge >= 0.3 is 6.03 Å². The summed E-state index contributed by atoms with van der Waals surface area (Å²) in [6.45, 7) is 4.02. The highest BCUT2D eigenvalue weighted by Crippen LogP contribution is 2.43. The summed E-state index contributed by atoms with van der Waals surface area (Å²) in [6, 6.07) is 8.63. The van der Waals surface area contributed by atoms with Gasteiger partial charge in [-0.15, -0.1) is 10.2 Å². The van der Waals surface area contributed by atoms with Crippen LogP contribution in [0.3, 0.4) is 0 Å². The van der Waals surface area contributed by atoms with Gasteiger partial charge in [-0.25, -0.2) is 4.79 Å². The fourth-order valence-electron chi connectivity index (χ4n) is 3.07. The van der Waals surface area contributed by atoms with Gasteiger partial charge < -0.3 is 0 Å². The van der Waals surface area contributed by atoms with E-state index in [1.807, 2.05) is 32.0 Å². The Morgan fingerprint density at radius 2 is 1.69 bits per heavy atom. The SMILES string of the molecule is Cc1ccc(N=Nc2c3nn(C(=O)c4ccncc4)c2N(C)C(=O)N3C)cc1C. The third-order valence-corrected chi connectivity index (χ3v) is 4.90. The Morgan fingerprint density at radius 1 is 0.966 bits per heavy atom. The van der Waals surface area contributed by atoms with Crippen LogP contribution in [0.4, 0.5) is 27.8 Å². The van der Waals surface area contributed by atoms with E-state index in [1.165, 1.54) is 26.9 Å². The van der Waals surface area contributed by atoms with Crippen molar-refractivity contribution < 1.29 is 9.59 Å². The summed E-state index contributed by atoms with van der Waals surface area (Å²) in [5.74, 6) is 0.168. The standard InChI is InChI=1S/C20H19N7O2/c1-12-5-6-15(11-13(12)2)22-23-16-17-24-27(18(16)26(4)20(29)25(17)3)19(28)14-7-9-21-10-8-14/h5-11H,1-4H3. The molecule has 4 rings (SSSR count). The molecule has 3 aromatic rings. The lowest BCUT2D eigenvalue weighted by molar-refractivity contribution is 0.0947. The molecule has 146 valence electrons. The molecule has 1 aromatic carbocycles. The average molecular weight is 389 g/mol. The highest BCUT2D eigenvalue weighted by molar-refractivity contribution is 6.13. The zero-order valence-electron chi connectivity index (χ0n) is 16.5. The summed E-state index contributed by atoms with van der Waals surface area (Å²) >= 11 is 0. The molecule has 3 heterocycles. The number of benzene rings is 1. The Kier molecular flexibility index (Phi) is 4.42. The summed E-state index contributed by atoms with van der Waals surface area (Å²) in [6.07, 6.45) is 3.05. The molecule has 29 heavy (non-hydrogen) atoms. The van der Waals surface area contributed by atoms with Gasteiger partial charge in [0.05, 0.1) is 5.69 Å². The van der Waals surface area contributed by atoms with Gasteiger partial charge in [0.25, 0.3) is 5.91 Å². The fourth-order valence-corrected chi connectivity index (χ4v) is 3.07. The molecule has 0 atom stereocenters. The largest absolute Gasteiger partial charge is 0.330 e. The van der Waals surface area contributed by atoms with Gasteiger partial charge in [-0.05, 0) is 49.2 Å². The van der Waals surface area contributed by atoms with Gasteiger partial charge in [-0.1, -0.05) is 6.07 Å². The monoisotopic (exact) mass is 389 g/mol. The summed E-state index contributed by atoms with van der Waals surface area (Å²) < 4.78 is 1.18. The van der Waals surface area contributed by atoms with E-state index in [1.54, 1.807) is 26.2 Å². The maximum atomic E-state index is 13.0. The van der Waals surface area contributed by atoms with E-state index in [9.17, 15) is 9.59 Å². The van der Waals surface area contributed by atoms with Crippen molar-refractivity contribution in [3.05, 3.63) is 59.4 Å². The van der Waals surface area contributed by atoms with Gasteiger partial charge in [0.15, 0.2) is 17.3 Å². The average Bonchev–Trinajstić information content (AvgIpc) is 3.07. The van der Waals surface area contributed by atoms with Crippen LogP contribution >= 0.6 is 0 Å². The van der Waals surface area contributed by atoms with Gasteiger partial charge in [0.2, 0.25) is 0 Å². The second kappa shape index (κ2) is 6.93. The molecule has 9 nitrogen and oxygen atoms in total. The number of urea groups is 1. The van der Waals surface area contributed by atoms with Crippen molar-refractivity contribution in [1.82, 2.24) is 14.8 Å². The Labute approximate surface area is 167 Å². The normalized spacial score (nSPS) is 13.4. The molecule has 0 fully saturated rings. The van der Waals surface area contributed by atoms with Crippen LogP contribution < -0.4 is 9.80 Å². The van der Waals surface area contributed by atoms with E-state index >= 15 is 0 Å². The number of rotatable bonds is 3. The Hall–Kier alpha value is -3.88. The first kappa shape index (κ1) is 18.5. The van der Waals surface area contributed by atoms with E-state index in [0.29, 0.717) is 16.9 Å². The molecule has 0 radical (unpaired) electrons. The lowest BCUT2D eigenvalue weighted by Gasteiger charge is -2.26. The minimum absolute atomic E-state index is 0.275. The molecule has 2 aromatic heterocycles. The van der Waals surface area contributed by atoms with E-state index in [0.717, 1.165) is 11.1 Å². The summed E-state index contributed by atoms with van der Waals surface area (Å²) in [4.78, 5) is 32.1. The number of amides is 2. The smallest absolute Gasteiger partial charge is 0.279 e. The summed E-state index contributed by atoms with van der Waals surface area (Å²) in [5.41, 5.74) is 3.69. The topological polar surface area (TPSA) is 96.0 Å². The highest BCUT2D eigenvalue weighted by Gasteiger charge is 2.37. The number of fused-ring (bicyclic) bond motifs is 2. The number of azo groups is 1. The molecule has 0 unspecified atom stereocenters. The highest BCUT2D eigenvalue weighted by atomic mass is 16.2. The molecule has 0 spiro atoms. The molecular weight excluding hydrogens is 370 g/mol. The molecule has 2 amide bonds. The minimum atomic E-state index is -0.383. The predicted molar refractivity (Wildman–Crippen MR) is 108 cm³/mol. The second-order valence-electron chi connectivity index (χ2n) is 6.82. The zero-order valence-corrected chi connectivity index (χ0v) is 16.5. The van der Waals surface area contributed by atoms with Crippen molar-refractivity contribution in [1.29, 1.82) is 0 Å². The van der Waals surface area contributed by atoms with Gasteiger partial charge in [-0.2, -0.15) is 9.80 Å². The zero-order chi connectivity index (χ0) is 20.7. The second-order valence-corrected chi connectivity index (χ2v) is 6.82. The van der Waals surface area contributed by atoms with Crippen molar-refractivity contribution >= 4 is 34.9 Å². The maximum absolute atomic E-state index is 13.0. The number of aromatic nitrogens is 3. The summed E-state index contributed by atoms with van der Waals surface area (Å²) in [7, 11) is 3.16. The third-order valence-electron chi connectivity index (χ3n) is 4.90. The molecule has 1 aliphatic heterocycles.